The third-order valence-electron chi connectivity index (χ3n) is 9.74. The molecular weight excluding hydrogens is 400 g/mol. The highest BCUT2D eigenvalue weighted by atomic mass is 28.4. The van der Waals surface area contributed by atoms with Gasteiger partial charge in [0.15, 0.2) is 8.32 Å². The zero-order valence-electron chi connectivity index (χ0n) is 21.4. The molecule has 0 radical (unpaired) electrons. The Morgan fingerprint density at radius 1 is 0.800 bits per heavy atom. The number of rotatable bonds is 4. The Bertz CT molecular complexity index is 705. The molecule has 2 nitrogen and oxygen atoms in total. The Morgan fingerprint density at radius 2 is 1.47 bits per heavy atom. The summed E-state index contributed by atoms with van der Waals surface area (Å²) in [5.41, 5.74) is 0.944. The highest BCUT2D eigenvalue weighted by Crippen LogP contribution is 2.68. The van der Waals surface area contributed by atoms with Crippen molar-refractivity contribution in [2.45, 2.75) is 117 Å². The van der Waals surface area contributed by atoms with E-state index in [2.05, 4.69) is 66.1 Å². The van der Waals surface area contributed by atoms with Crippen molar-refractivity contribution in [2.75, 3.05) is 0 Å². The molecule has 7 unspecified atom stereocenters. The maximum Gasteiger partial charge on any atom is 0.241 e. The second kappa shape index (κ2) is 7.22. The first-order valence-corrected chi connectivity index (χ1v) is 19.6. The summed E-state index contributed by atoms with van der Waals surface area (Å²) in [6.45, 7) is 21.8. The van der Waals surface area contributed by atoms with Gasteiger partial charge in [0.2, 0.25) is 8.32 Å². The molecule has 4 aliphatic carbocycles. The molecule has 30 heavy (non-hydrogen) atoms. The van der Waals surface area contributed by atoms with Crippen LogP contribution >= 0.6 is 0 Å². The van der Waals surface area contributed by atoms with Gasteiger partial charge in [0, 0.05) is 6.42 Å². The summed E-state index contributed by atoms with van der Waals surface area (Å²) in [5.74, 6) is 4.72. The van der Waals surface area contributed by atoms with Crippen LogP contribution < -0.4 is 0 Å². The molecule has 4 aliphatic rings. The van der Waals surface area contributed by atoms with Gasteiger partial charge in [0.1, 0.15) is 0 Å². The average Bonchev–Trinajstić information content (AvgIpc) is 2.83. The minimum Gasteiger partial charge on any atom is -0.548 e. The van der Waals surface area contributed by atoms with Gasteiger partial charge in [-0.15, -0.1) is 0 Å². The fraction of sp³-hybridized carbons (Fsp3) is 0.923. The summed E-state index contributed by atoms with van der Waals surface area (Å²) in [7, 11) is -3.05. The molecule has 3 saturated carbocycles. The van der Waals surface area contributed by atoms with Crippen LogP contribution in [0.4, 0.5) is 0 Å². The molecule has 4 rings (SSSR count). The van der Waals surface area contributed by atoms with E-state index in [0.717, 1.165) is 23.7 Å². The first-order chi connectivity index (χ1) is 13.7. The number of hydrogen-bond donors (Lipinski definition) is 0. The van der Waals surface area contributed by atoms with Crippen LogP contribution in [0.15, 0.2) is 11.8 Å². The third-order valence-corrected chi connectivity index (χ3v) is 11.7. The largest absolute Gasteiger partial charge is 0.548 e. The monoisotopic (exact) mass is 448 g/mol. The Balaban J connectivity index is 1.56. The molecule has 4 heteroatoms. The highest BCUT2D eigenvalue weighted by Gasteiger charge is 2.64. The molecule has 0 aromatic carbocycles. The maximum atomic E-state index is 6.95. The van der Waals surface area contributed by atoms with Crippen LogP contribution in [0.2, 0.25) is 39.3 Å². The van der Waals surface area contributed by atoms with E-state index < -0.39 is 16.6 Å². The number of allylic oxidation sites excluding steroid dienone is 2. The van der Waals surface area contributed by atoms with Crippen LogP contribution in [0.1, 0.15) is 72.1 Å². The first-order valence-electron chi connectivity index (χ1n) is 12.8. The fourth-order valence-corrected chi connectivity index (χ4v) is 11.0. The molecule has 0 aliphatic heterocycles. The summed E-state index contributed by atoms with van der Waals surface area (Å²) in [4.78, 5) is 0. The molecule has 0 spiro atoms. The Hall–Kier alpha value is -0.0662. The molecule has 3 fully saturated rings. The van der Waals surface area contributed by atoms with Crippen LogP contribution in [0.25, 0.3) is 0 Å². The molecule has 0 N–H and O–H groups in total. The van der Waals surface area contributed by atoms with E-state index in [1.807, 2.05) is 0 Å². The summed E-state index contributed by atoms with van der Waals surface area (Å²) < 4.78 is 13.4. The second-order valence-corrected chi connectivity index (χ2v) is 22.7. The predicted octanol–water partition coefficient (Wildman–Crippen LogP) is 7.98. The quantitative estimate of drug-likeness (QED) is 0.406. The Morgan fingerprint density at radius 3 is 2.10 bits per heavy atom. The zero-order valence-corrected chi connectivity index (χ0v) is 23.4. The van der Waals surface area contributed by atoms with Crippen molar-refractivity contribution in [1.82, 2.24) is 0 Å². The summed E-state index contributed by atoms with van der Waals surface area (Å²) in [6, 6.07) is 0. The van der Waals surface area contributed by atoms with Crippen LogP contribution in [-0.4, -0.2) is 22.2 Å². The van der Waals surface area contributed by atoms with Crippen LogP contribution in [0, 0.1) is 34.5 Å². The molecule has 7 atom stereocenters. The van der Waals surface area contributed by atoms with Crippen molar-refractivity contribution in [2.24, 2.45) is 34.5 Å². The SMILES string of the molecule is CC12CCC(O[Si](C)(C)C)=CC1CCC1C2CCC2(C)C1CCC2(C)O[Si](C)(C)C. The van der Waals surface area contributed by atoms with Gasteiger partial charge in [-0.3, -0.25) is 0 Å². The molecular formula is C26H48O2Si2. The van der Waals surface area contributed by atoms with Crippen molar-refractivity contribution in [3.05, 3.63) is 11.8 Å². The topological polar surface area (TPSA) is 18.5 Å². The molecule has 0 heterocycles. The van der Waals surface area contributed by atoms with Gasteiger partial charge >= 0.3 is 0 Å². The smallest absolute Gasteiger partial charge is 0.241 e. The number of hydrogen-bond acceptors (Lipinski definition) is 2. The van der Waals surface area contributed by atoms with E-state index in [9.17, 15) is 0 Å². The second-order valence-electron chi connectivity index (χ2n) is 13.9. The van der Waals surface area contributed by atoms with Crippen LogP contribution in [0.3, 0.4) is 0 Å². The lowest BCUT2D eigenvalue weighted by atomic mass is 9.45. The summed E-state index contributed by atoms with van der Waals surface area (Å²) in [5, 5.41) is 0. The number of fused-ring (bicyclic) bond motifs is 5. The minimum atomic E-state index is -1.55. The third kappa shape index (κ3) is 3.81. The van der Waals surface area contributed by atoms with Crippen LogP contribution in [-0.2, 0) is 8.85 Å². The minimum absolute atomic E-state index is 0.0929. The zero-order chi connectivity index (χ0) is 22.2. The standard InChI is InChI=1S/C26H48O2Si2/c1-24-15-12-20(27-29(4,5)6)18-19(24)10-11-21-22(24)13-16-25(2)23(21)14-17-26(25,3)28-30(7,8)9/h18-19,21-23H,10-17H2,1-9H3. The normalized spacial score (nSPS) is 46.5. The fourth-order valence-electron chi connectivity index (χ4n) is 8.38. The lowest BCUT2D eigenvalue weighted by Crippen LogP contribution is -2.57. The van der Waals surface area contributed by atoms with E-state index in [1.54, 1.807) is 0 Å². The molecule has 172 valence electrons. The molecule has 0 aromatic rings. The Kier molecular flexibility index (Phi) is 5.56. The van der Waals surface area contributed by atoms with E-state index in [1.165, 1.54) is 57.1 Å². The van der Waals surface area contributed by atoms with Gasteiger partial charge in [-0.25, -0.2) is 0 Å². The van der Waals surface area contributed by atoms with Gasteiger partial charge in [-0.2, -0.15) is 0 Å². The highest BCUT2D eigenvalue weighted by molar-refractivity contribution is 6.70. The van der Waals surface area contributed by atoms with Gasteiger partial charge in [-0.05, 0) is 132 Å². The average molecular weight is 449 g/mol. The maximum absolute atomic E-state index is 6.95. The van der Waals surface area contributed by atoms with Crippen molar-refractivity contribution >= 4 is 16.6 Å². The predicted molar refractivity (Wildman–Crippen MR) is 132 cm³/mol. The summed E-state index contributed by atoms with van der Waals surface area (Å²) in [6.07, 6.45) is 13.3. The lowest BCUT2D eigenvalue weighted by molar-refractivity contribution is -0.130. The van der Waals surface area contributed by atoms with Crippen molar-refractivity contribution in [3.63, 3.8) is 0 Å². The van der Waals surface area contributed by atoms with E-state index in [-0.39, 0.29) is 5.60 Å². The van der Waals surface area contributed by atoms with Gasteiger partial charge in [0.05, 0.1) is 11.4 Å². The van der Waals surface area contributed by atoms with Gasteiger partial charge in [0.25, 0.3) is 0 Å². The van der Waals surface area contributed by atoms with E-state index >= 15 is 0 Å². The molecule has 0 saturated heterocycles. The Labute approximate surface area is 188 Å². The molecule has 0 amide bonds. The van der Waals surface area contributed by atoms with Gasteiger partial charge < -0.3 is 8.85 Å². The van der Waals surface area contributed by atoms with Crippen molar-refractivity contribution < 1.29 is 8.85 Å². The van der Waals surface area contributed by atoms with Crippen molar-refractivity contribution in [1.29, 1.82) is 0 Å². The van der Waals surface area contributed by atoms with E-state index in [4.69, 9.17) is 8.85 Å². The summed E-state index contributed by atoms with van der Waals surface area (Å²) >= 11 is 0. The van der Waals surface area contributed by atoms with E-state index in [0.29, 0.717) is 10.8 Å². The molecule has 0 aromatic heterocycles. The lowest BCUT2D eigenvalue weighted by Gasteiger charge is -2.61. The van der Waals surface area contributed by atoms with Gasteiger partial charge in [-0.1, -0.05) is 13.8 Å². The van der Waals surface area contributed by atoms with Crippen LogP contribution in [0.5, 0.6) is 0 Å². The molecule has 0 bridgehead atoms. The van der Waals surface area contributed by atoms with Crippen molar-refractivity contribution in [3.8, 4) is 0 Å². The first kappa shape index (κ1) is 23.1.